The maximum Gasteiger partial charge on any atom is 0.330 e. The lowest BCUT2D eigenvalue weighted by Crippen LogP contribution is -2.23. The van der Waals surface area contributed by atoms with Crippen LogP contribution < -0.4 is 0 Å². The van der Waals surface area contributed by atoms with Crippen molar-refractivity contribution in [2.24, 2.45) is 0 Å². The number of nitrogens with zero attached hydrogens (tertiary/aromatic N) is 1. The van der Waals surface area contributed by atoms with Crippen LogP contribution in [0.3, 0.4) is 0 Å². The van der Waals surface area contributed by atoms with Crippen LogP contribution in [-0.2, 0) is 9.53 Å². The van der Waals surface area contributed by atoms with Crippen molar-refractivity contribution in [1.29, 1.82) is 0 Å². The molecule has 1 fully saturated rings. The highest BCUT2D eigenvalue weighted by molar-refractivity contribution is 5.87. The van der Waals surface area contributed by atoms with Gasteiger partial charge in [-0.2, -0.15) is 0 Å². The first-order valence-electron chi connectivity index (χ1n) is 6.06. The summed E-state index contributed by atoms with van der Waals surface area (Å²) in [6.45, 7) is 6.25. The fourth-order valence-electron chi connectivity index (χ4n) is 1.66. The molecule has 3 heteroatoms. The molecule has 0 spiro atoms. The molecule has 1 aromatic carbocycles. The van der Waals surface area contributed by atoms with E-state index in [1.807, 2.05) is 36.4 Å². The first-order valence-corrected chi connectivity index (χ1v) is 6.06. The first kappa shape index (κ1) is 12.6. The molecule has 0 aliphatic carbocycles. The molecule has 0 radical (unpaired) electrons. The molecule has 1 atom stereocenters. The third kappa shape index (κ3) is 3.86. The average molecular weight is 243 g/mol. The Bertz CT molecular complexity index is 435. The molecule has 1 aliphatic heterocycles. The predicted molar refractivity (Wildman–Crippen MR) is 72.0 cm³/mol. The molecule has 1 aliphatic rings. The highest BCUT2D eigenvalue weighted by atomic mass is 16.5. The van der Waals surface area contributed by atoms with E-state index < -0.39 is 0 Å². The van der Waals surface area contributed by atoms with Crippen molar-refractivity contribution < 1.29 is 9.53 Å². The molecule has 1 unspecified atom stereocenters. The number of esters is 1. The van der Waals surface area contributed by atoms with Gasteiger partial charge in [-0.1, -0.05) is 36.4 Å². The molecule has 1 heterocycles. The minimum atomic E-state index is -0.312. The SMILES string of the molecule is C=CC(COC(=O)/C=C/c1ccccc1)N1CC1. The molecule has 0 bridgehead atoms. The van der Waals surface area contributed by atoms with Gasteiger partial charge in [0, 0.05) is 19.2 Å². The Hall–Kier alpha value is -1.87. The van der Waals surface area contributed by atoms with Crippen LogP contribution in [0, 0.1) is 0 Å². The maximum atomic E-state index is 11.5. The summed E-state index contributed by atoms with van der Waals surface area (Å²) in [4.78, 5) is 13.7. The topological polar surface area (TPSA) is 29.3 Å². The fourth-order valence-corrected chi connectivity index (χ4v) is 1.66. The number of ether oxygens (including phenoxy) is 1. The van der Waals surface area contributed by atoms with Gasteiger partial charge in [0.15, 0.2) is 0 Å². The number of hydrogen-bond donors (Lipinski definition) is 0. The van der Waals surface area contributed by atoms with Crippen molar-refractivity contribution in [3.8, 4) is 0 Å². The molecule has 94 valence electrons. The second kappa shape index (κ2) is 6.17. The Morgan fingerprint density at radius 1 is 1.39 bits per heavy atom. The van der Waals surface area contributed by atoms with Crippen molar-refractivity contribution in [3.05, 3.63) is 54.6 Å². The van der Waals surface area contributed by atoms with Crippen molar-refractivity contribution in [1.82, 2.24) is 4.90 Å². The second-order valence-electron chi connectivity index (χ2n) is 4.21. The second-order valence-corrected chi connectivity index (χ2v) is 4.21. The summed E-state index contributed by atoms with van der Waals surface area (Å²) in [6, 6.07) is 9.82. The van der Waals surface area contributed by atoms with Gasteiger partial charge in [0.1, 0.15) is 6.61 Å². The fraction of sp³-hybridized carbons (Fsp3) is 0.267. The van der Waals surface area contributed by atoms with Crippen LogP contribution in [0.2, 0.25) is 0 Å². The van der Waals surface area contributed by atoms with Crippen LogP contribution in [-0.4, -0.2) is 36.6 Å². The van der Waals surface area contributed by atoms with Crippen LogP contribution in [0.4, 0.5) is 0 Å². The van der Waals surface area contributed by atoms with Crippen LogP contribution >= 0.6 is 0 Å². The van der Waals surface area contributed by atoms with E-state index >= 15 is 0 Å². The Morgan fingerprint density at radius 2 is 2.11 bits per heavy atom. The molecular formula is C15H17NO2. The van der Waals surface area contributed by atoms with Crippen LogP contribution in [0.15, 0.2) is 49.1 Å². The van der Waals surface area contributed by atoms with Crippen LogP contribution in [0.5, 0.6) is 0 Å². The molecule has 0 saturated carbocycles. The number of hydrogen-bond acceptors (Lipinski definition) is 3. The highest BCUT2D eigenvalue weighted by Crippen LogP contribution is 2.11. The molecule has 1 saturated heterocycles. The lowest BCUT2D eigenvalue weighted by molar-refractivity contribution is -0.138. The Morgan fingerprint density at radius 3 is 2.72 bits per heavy atom. The molecule has 18 heavy (non-hydrogen) atoms. The minimum Gasteiger partial charge on any atom is -0.461 e. The molecule has 2 rings (SSSR count). The van der Waals surface area contributed by atoms with Crippen LogP contribution in [0.1, 0.15) is 5.56 Å². The predicted octanol–water partition coefficient (Wildman–Crippen LogP) is 2.11. The summed E-state index contributed by atoms with van der Waals surface area (Å²) >= 11 is 0. The minimum absolute atomic E-state index is 0.152. The summed E-state index contributed by atoms with van der Waals surface area (Å²) in [5.74, 6) is -0.312. The number of carbonyl (C=O) groups is 1. The normalized spacial score (nSPS) is 16.4. The van der Waals surface area contributed by atoms with Gasteiger partial charge in [-0.15, -0.1) is 6.58 Å². The van der Waals surface area contributed by atoms with Gasteiger partial charge < -0.3 is 4.74 Å². The number of rotatable bonds is 6. The molecule has 0 amide bonds. The number of carbonyl (C=O) groups excluding carboxylic acids is 1. The van der Waals surface area contributed by atoms with E-state index in [4.69, 9.17) is 4.74 Å². The van der Waals surface area contributed by atoms with Crippen molar-refractivity contribution in [2.45, 2.75) is 6.04 Å². The van der Waals surface area contributed by atoms with E-state index in [0.29, 0.717) is 6.61 Å². The van der Waals surface area contributed by atoms with Crippen molar-refractivity contribution in [3.63, 3.8) is 0 Å². The quantitative estimate of drug-likeness (QED) is 0.332. The maximum absolute atomic E-state index is 11.5. The van der Waals surface area contributed by atoms with Gasteiger partial charge in [0.2, 0.25) is 0 Å². The third-order valence-electron chi connectivity index (χ3n) is 2.83. The summed E-state index contributed by atoms with van der Waals surface area (Å²) in [5.41, 5.74) is 0.987. The van der Waals surface area contributed by atoms with Gasteiger partial charge in [-0.05, 0) is 11.6 Å². The summed E-state index contributed by atoms with van der Waals surface area (Å²) < 4.78 is 5.18. The Kier molecular flexibility index (Phi) is 4.31. The van der Waals surface area contributed by atoms with E-state index in [1.165, 1.54) is 6.08 Å². The van der Waals surface area contributed by atoms with Crippen molar-refractivity contribution in [2.75, 3.05) is 19.7 Å². The van der Waals surface area contributed by atoms with E-state index in [1.54, 1.807) is 6.08 Å². The van der Waals surface area contributed by atoms with E-state index in [9.17, 15) is 4.79 Å². The zero-order valence-corrected chi connectivity index (χ0v) is 10.3. The third-order valence-corrected chi connectivity index (χ3v) is 2.83. The molecule has 3 nitrogen and oxygen atoms in total. The zero-order valence-electron chi connectivity index (χ0n) is 10.3. The van der Waals surface area contributed by atoms with Crippen molar-refractivity contribution >= 4 is 12.0 Å². The molecular weight excluding hydrogens is 226 g/mol. The Labute approximate surface area is 107 Å². The zero-order chi connectivity index (χ0) is 12.8. The van der Waals surface area contributed by atoms with Gasteiger partial charge in [-0.3, -0.25) is 4.90 Å². The first-order chi connectivity index (χ1) is 8.79. The van der Waals surface area contributed by atoms with Gasteiger partial charge >= 0.3 is 5.97 Å². The summed E-state index contributed by atoms with van der Waals surface area (Å²) in [6.07, 6.45) is 5.03. The van der Waals surface area contributed by atoms with E-state index in [2.05, 4.69) is 11.5 Å². The van der Waals surface area contributed by atoms with Gasteiger partial charge in [0.05, 0.1) is 6.04 Å². The molecule has 0 N–H and O–H groups in total. The monoisotopic (exact) mass is 243 g/mol. The van der Waals surface area contributed by atoms with E-state index in [-0.39, 0.29) is 12.0 Å². The average Bonchev–Trinajstić information content (AvgIpc) is 3.23. The molecule has 0 aromatic heterocycles. The standard InChI is InChI=1S/C15H17NO2/c1-2-14(16-10-11-16)12-18-15(17)9-8-13-6-4-3-5-7-13/h2-9,14H,1,10-12H2/b9-8+. The van der Waals surface area contributed by atoms with Crippen LogP contribution in [0.25, 0.3) is 6.08 Å². The molecule has 1 aromatic rings. The Balaban J connectivity index is 1.78. The summed E-state index contributed by atoms with van der Waals surface area (Å²) in [7, 11) is 0. The smallest absolute Gasteiger partial charge is 0.330 e. The van der Waals surface area contributed by atoms with E-state index in [0.717, 1.165) is 18.7 Å². The summed E-state index contributed by atoms with van der Waals surface area (Å²) in [5, 5.41) is 0. The van der Waals surface area contributed by atoms with Gasteiger partial charge in [-0.25, -0.2) is 4.79 Å². The van der Waals surface area contributed by atoms with Gasteiger partial charge in [0.25, 0.3) is 0 Å². The lowest BCUT2D eigenvalue weighted by atomic mass is 10.2. The lowest BCUT2D eigenvalue weighted by Gasteiger charge is -2.12. The number of benzene rings is 1. The largest absolute Gasteiger partial charge is 0.461 e. The highest BCUT2D eigenvalue weighted by Gasteiger charge is 2.25.